The summed E-state index contributed by atoms with van der Waals surface area (Å²) in [5.74, 6) is -0.127. The Morgan fingerprint density at radius 2 is 2.21 bits per heavy atom. The van der Waals surface area contributed by atoms with E-state index in [2.05, 4.69) is 33.5 Å². The minimum absolute atomic E-state index is 0.127. The van der Waals surface area contributed by atoms with E-state index in [4.69, 9.17) is 5.26 Å². The number of hydrogen-bond donors (Lipinski definition) is 2. The van der Waals surface area contributed by atoms with E-state index in [1.807, 2.05) is 0 Å². The number of carbonyl (C=O) groups excluding carboxylic acids is 1. The summed E-state index contributed by atoms with van der Waals surface area (Å²) in [7, 11) is 0. The first-order valence-electron chi connectivity index (χ1n) is 7.92. The number of nitrogens with one attached hydrogen (secondary N) is 2. The van der Waals surface area contributed by atoms with Crippen LogP contribution >= 0.6 is 11.3 Å². The maximum absolute atomic E-state index is 12.1. The van der Waals surface area contributed by atoms with Crippen LogP contribution in [0, 0.1) is 11.3 Å². The predicted molar refractivity (Wildman–Crippen MR) is 95.0 cm³/mol. The van der Waals surface area contributed by atoms with E-state index in [1.165, 1.54) is 4.88 Å². The third-order valence-electron chi connectivity index (χ3n) is 3.97. The summed E-state index contributed by atoms with van der Waals surface area (Å²) in [6.45, 7) is 5.30. The Bertz CT molecular complexity index is 762. The maximum Gasteiger partial charge on any atom is 0.245 e. The molecule has 0 fully saturated rings. The molecule has 2 heterocycles. The number of thiazole rings is 1. The van der Waals surface area contributed by atoms with Gasteiger partial charge in [-0.05, 0) is 30.8 Å². The molecule has 0 spiro atoms. The molecule has 1 aromatic heterocycles. The molecule has 0 atom stereocenters. The highest BCUT2D eigenvalue weighted by Gasteiger charge is 2.20. The SMILES string of the molecule is CCN1CCc2nc(NC(=O)CNc3ccc(C#N)cc3)sc2C1. The van der Waals surface area contributed by atoms with Crippen molar-refractivity contribution in [2.45, 2.75) is 19.9 Å². The van der Waals surface area contributed by atoms with Crippen molar-refractivity contribution < 1.29 is 4.79 Å². The average Bonchev–Trinajstić information content (AvgIpc) is 3.01. The molecular weight excluding hydrogens is 322 g/mol. The Hall–Kier alpha value is -2.43. The summed E-state index contributed by atoms with van der Waals surface area (Å²) in [5, 5.41) is 15.3. The van der Waals surface area contributed by atoms with E-state index in [0.717, 1.165) is 37.4 Å². The molecule has 1 aliphatic heterocycles. The summed E-state index contributed by atoms with van der Waals surface area (Å²) in [4.78, 5) is 20.2. The number of nitriles is 1. The van der Waals surface area contributed by atoms with Crippen molar-refractivity contribution in [1.82, 2.24) is 9.88 Å². The Kier molecular flexibility index (Phi) is 5.08. The van der Waals surface area contributed by atoms with E-state index in [0.29, 0.717) is 10.7 Å². The molecule has 2 aromatic rings. The Balaban J connectivity index is 1.53. The highest BCUT2D eigenvalue weighted by Crippen LogP contribution is 2.28. The molecule has 3 rings (SSSR count). The Morgan fingerprint density at radius 1 is 1.42 bits per heavy atom. The first-order chi connectivity index (χ1) is 11.7. The number of benzene rings is 1. The van der Waals surface area contributed by atoms with Gasteiger partial charge < -0.3 is 10.6 Å². The van der Waals surface area contributed by atoms with Gasteiger partial charge in [0.15, 0.2) is 5.13 Å². The van der Waals surface area contributed by atoms with Gasteiger partial charge in [0.05, 0.1) is 23.9 Å². The van der Waals surface area contributed by atoms with Gasteiger partial charge in [-0.15, -0.1) is 11.3 Å². The van der Waals surface area contributed by atoms with Crippen molar-refractivity contribution in [2.24, 2.45) is 0 Å². The second-order valence-electron chi connectivity index (χ2n) is 5.60. The van der Waals surface area contributed by atoms with Gasteiger partial charge in [0.25, 0.3) is 0 Å². The second-order valence-corrected chi connectivity index (χ2v) is 6.68. The van der Waals surface area contributed by atoms with Gasteiger partial charge >= 0.3 is 0 Å². The third-order valence-corrected chi connectivity index (χ3v) is 4.97. The van der Waals surface area contributed by atoms with E-state index >= 15 is 0 Å². The molecule has 7 heteroatoms. The fourth-order valence-electron chi connectivity index (χ4n) is 2.58. The van der Waals surface area contributed by atoms with Crippen molar-refractivity contribution in [2.75, 3.05) is 30.3 Å². The maximum atomic E-state index is 12.1. The van der Waals surface area contributed by atoms with Crippen LogP contribution in [0.3, 0.4) is 0 Å². The number of carbonyl (C=O) groups is 1. The molecule has 1 aliphatic rings. The number of rotatable bonds is 5. The summed E-state index contributed by atoms with van der Waals surface area (Å²) >= 11 is 1.56. The molecule has 0 saturated carbocycles. The number of likely N-dealkylation sites (N-methyl/N-ethyl adjacent to an activating group) is 1. The van der Waals surface area contributed by atoms with E-state index in [9.17, 15) is 4.79 Å². The molecule has 0 saturated heterocycles. The average molecular weight is 341 g/mol. The van der Waals surface area contributed by atoms with Crippen molar-refractivity contribution in [3.8, 4) is 6.07 Å². The molecule has 24 heavy (non-hydrogen) atoms. The van der Waals surface area contributed by atoms with Crippen molar-refractivity contribution in [3.63, 3.8) is 0 Å². The zero-order valence-electron chi connectivity index (χ0n) is 13.5. The number of amides is 1. The fourth-order valence-corrected chi connectivity index (χ4v) is 3.65. The monoisotopic (exact) mass is 341 g/mol. The minimum Gasteiger partial charge on any atom is -0.376 e. The molecule has 0 unspecified atom stereocenters. The van der Waals surface area contributed by atoms with Crippen LogP contribution in [0.15, 0.2) is 24.3 Å². The number of hydrogen-bond acceptors (Lipinski definition) is 6. The van der Waals surface area contributed by atoms with Gasteiger partial charge in [0.2, 0.25) is 5.91 Å². The predicted octanol–water partition coefficient (Wildman–Crippen LogP) is 2.44. The number of aromatic nitrogens is 1. The van der Waals surface area contributed by atoms with Crippen LogP contribution in [0.1, 0.15) is 23.1 Å². The largest absolute Gasteiger partial charge is 0.376 e. The molecule has 0 radical (unpaired) electrons. The van der Waals surface area contributed by atoms with Crippen LogP contribution in [-0.4, -0.2) is 35.4 Å². The number of anilines is 2. The third kappa shape index (κ3) is 3.91. The van der Waals surface area contributed by atoms with Crippen LogP contribution in [0.25, 0.3) is 0 Å². The van der Waals surface area contributed by atoms with E-state index in [1.54, 1.807) is 35.6 Å². The van der Waals surface area contributed by atoms with Gasteiger partial charge in [-0.3, -0.25) is 9.69 Å². The quantitative estimate of drug-likeness (QED) is 0.873. The molecular formula is C17H19N5OS. The molecule has 1 amide bonds. The number of fused-ring (bicyclic) bond motifs is 1. The normalized spacial score (nSPS) is 13.8. The highest BCUT2D eigenvalue weighted by molar-refractivity contribution is 7.15. The van der Waals surface area contributed by atoms with E-state index < -0.39 is 0 Å². The zero-order chi connectivity index (χ0) is 16.9. The van der Waals surface area contributed by atoms with Crippen LogP contribution in [0.4, 0.5) is 10.8 Å². The van der Waals surface area contributed by atoms with Crippen LogP contribution in [0.5, 0.6) is 0 Å². The van der Waals surface area contributed by atoms with Gasteiger partial charge in [-0.25, -0.2) is 4.98 Å². The number of nitrogens with zero attached hydrogens (tertiary/aromatic N) is 3. The molecule has 0 aliphatic carbocycles. The summed E-state index contributed by atoms with van der Waals surface area (Å²) < 4.78 is 0. The Labute approximate surface area is 145 Å². The molecule has 0 bridgehead atoms. The van der Waals surface area contributed by atoms with Gasteiger partial charge in [-0.2, -0.15) is 5.26 Å². The molecule has 124 valence electrons. The highest BCUT2D eigenvalue weighted by atomic mass is 32.1. The van der Waals surface area contributed by atoms with Crippen molar-refractivity contribution in [3.05, 3.63) is 40.4 Å². The van der Waals surface area contributed by atoms with Gasteiger partial charge in [0, 0.05) is 30.1 Å². The van der Waals surface area contributed by atoms with Crippen LogP contribution in [-0.2, 0) is 17.8 Å². The van der Waals surface area contributed by atoms with Crippen LogP contribution in [0.2, 0.25) is 0 Å². The van der Waals surface area contributed by atoms with Gasteiger partial charge in [-0.1, -0.05) is 6.92 Å². The fraction of sp³-hybridized carbons (Fsp3) is 0.353. The first-order valence-corrected chi connectivity index (χ1v) is 8.74. The summed E-state index contributed by atoms with van der Waals surface area (Å²) in [6.07, 6.45) is 0.943. The summed E-state index contributed by atoms with van der Waals surface area (Å²) in [5.41, 5.74) is 2.51. The lowest BCUT2D eigenvalue weighted by Crippen LogP contribution is -2.29. The first kappa shape index (κ1) is 16.4. The molecule has 1 aromatic carbocycles. The topological polar surface area (TPSA) is 81.1 Å². The van der Waals surface area contributed by atoms with Gasteiger partial charge in [0.1, 0.15) is 0 Å². The minimum atomic E-state index is -0.127. The van der Waals surface area contributed by atoms with Crippen LogP contribution < -0.4 is 10.6 Å². The van der Waals surface area contributed by atoms with Crippen molar-refractivity contribution in [1.29, 1.82) is 5.26 Å². The van der Waals surface area contributed by atoms with Crippen molar-refractivity contribution >= 4 is 28.1 Å². The summed E-state index contributed by atoms with van der Waals surface area (Å²) in [6, 6.07) is 9.07. The molecule has 2 N–H and O–H groups in total. The standard InChI is InChI=1S/C17H19N5OS/c1-2-22-8-7-14-15(11-22)24-17(20-14)21-16(23)10-19-13-5-3-12(9-18)4-6-13/h3-6,19H,2,7-8,10-11H2,1H3,(H,20,21,23). The van der Waals surface area contributed by atoms with E-state index in [-0.39, 0.29) is 12.5 Å². The Morgan fingerprint density at radius 3 is 2.92 bits per heavy atom. The zero-order valence-corrected chi connectivity index (χ0v) is 14.3. The lowest BCUT2D eigenvalue weighted by Gasteiger charge is -2.23. The second kappa shape index (κ2) is 7.43. The lowest BCUT2D eigenvalue weighted by atomic mass is 10.2. The lowest BCUT2D eigenvalue weighted by molar-refractivity contribution is -0.114. The smallest absolute Gasteiger partial charge is 0.245 e. The molecule has 6 nitrogen and oxygen atoms in total.